The molecule has 2 aromatic heterocycles. The lowest BCUT2D eigenvalue weighted by atomic mass is 10.2. The molecule has 0 bridgehead atoms. The molecule has 2 aromatic carbocycles. The van der Waals surface area contributed by atoms with Crippen molar-refractivity contribution in [3.05, 3.63) is 101 Å². The van der Waals surface area contributed by atoms with E-state index < -0.39 is 6.10 Å². The summed E-state index contributed by atoms with van der Waals surface area (Å²) in [6.07, 6.45) is 1.11. The second-order valence-electron chi connectivity index (χ2n) is 7.40. The van der Waals surface area contributed by atoms with Gasteiger partial charge in [0.15, 0.2) is 6.10 Å². The number of para-hydroxylation sites is 1. The molecule has 4 aromatic rings. The molecule has 2 heterocycles. The Hall–Kier alpha value is -4.13. The van der Waals surface area contributed by atoms with Crippen molar-refractivity contribution in [3.63, 3.8) is 0 Å². The minimum Gasteiger partial charge on any atom is -0.487 e. The van der Waals surface area contributed by atoms with Gasteiger partial charge in [-0.1, -0.05) is 24.3 Å². The summed E-state index contributed by atoms with van der Waals surface area (Å²) in [7, 11) is 0. The van der Waals surface area contributed by atoms with Crippen LogP contribution >= 0.6 is 0 Å². The lowest BCUT2D eigenvalue weighted by Crippen LogP contribution is -2.30. The highest BCUT2D eigenvalue weighted by atomic mass is 16.5. The van der Waals surface area contributed by atoms with E-state index in [-0.39, 0.29) is 18.1 Å². The van der Waals surface area contributed by atoms with Gasteiger partial charge >= 0.3 is 0 Å². The maximum Gasteiger partial charge on any atom is 0.265 e. The first-order valence-electron chi connectivity index (χ1n) is 10.2. The molecule has 32 heavy (non-hydrogen) atoms. The van der Waals surface area contributed by atoms with Crippen molar-refractivity contribution in [2.45, 2.75) is 26.6 Å². The number of ether oxygens (including phenoxy) is 2. The molecule has 1 N–H and O–H groups in total. The highest BCUT2D eigenvalue weighted by Gasteiger charge is 2.14. The summed E-state index contributed by atoms with van der Waals surface area (Å²) in [4.78, 5) is 29.1. The molecule has 1 amide bonds. The van der Waals surface area contributed by atoms with Crippen molar-refractivity contribution in [2.24, 2.45) is 0 Å². The van der Waals surface area contributed by atoms with Crippen LogP contribution in [-0.2, 0) is 11.4 Å². The van der Waals surface area contributed by atoms with Gasteiger partial charge in [0.25, 0.3) is 11.5 Å². The molecule has 0 radical (unpaired) electrons. The minimum absolute atomic E-state index is 0.151. The van der Waals surface area contributed by atoms with Crippen molar-refractivity contribution in [2.75, 3.05) is 5.32 Å². The van der Waals surface area contributed by atoms with Crippen LogP contribution in [0.3, 0.4) is 0 Å². The number of amides is 1. The summed E-state index contributed by atoms with van der Waals surface area (Å²) in [5, 5.41) is 2.82. The van der Waals surface area contributed by atoms with E-state index in [4.69, 9.17) is 9.47 Å². The Kier molecular flexibility index (Phi) is 6.17. The number of aromatic nitrogens is 2. The third-order valence-electron chi connectivity index (χ3n) is 4.79. The van der Waals surface area contributed by atoms with Gasteiger partial charge in [-0.2, -0.15) is 0 Å². The number of carbonyl (C=O) groups is 1. The molecule has 0 saturated heterocycles. The zero-order chi connectivity index (χ0) is 22.5. The number of nitrogens with zero attached hydrogens (tertiary/aromatic N) is 2. The highest BCUT2D eigenvalue weighted by Crippen LogP contribution is 2.18. The standard InChI is InChI=1S/C25H23N3O4/c1-17-8-13-23-26-20(14-24(29)28(23)15-17)16-31-21-11-9-19(10-12-21)27-25(30)18(2)32-22-6-4-3-5-7-22/h3-15,18H,16H2,1-2H3,(H,27,30)/t18-/m1/s1. The average molecular weight is 429 g/mol. The quantitative estimate of drug-likeness (QED) is 0.480. The van der Waals surface area contributed by atoms with E-state index in [9.17, 15) is 9.59 Å². The van der Waals surface area contributed by atoms with Crippen LogP contribution in [0, 0.1) is 6.92 Å². The SMILES string of the molecule is Cc1ccc2nc(COc3ccc(NC(=O)[C@@H](C)Oc4ccccc4)cc3)cc(=O)n2c1. The maximum atomic E-state index is 12.4. The van der Waals surface area contributed by atoms with Gasteiger partial charge in [-0.25, -0.2) is 4.98 Å². The summed E-state index contributed by atoms with van der Waals surface area (Å²) in [5.41, 5.74) is 2.58. The molecular formula is C25H23N3O4. The molecule has 0 saturated carbocycles. The number of hydrogen-bond acceptors (Lipinski definition) is 5. The van der Waals surface area contributed by atoms with Crippen molar-refractivity contribution >= 4 is 17.2 Å². The molecule has 162 valence electrons. The van der Waals surface area contributed by atoms with Crippen LogP contribution in [0.15, 0.2) is 83.8 Å². The topological polar surface area (TPSA) is 81.9 Å². The van der Waals surface area contributed by atoms with Crippen LogP contribution in [0.4, 0.5) is 5.69 Å². The van der Waals surface area contributed by atoms with Crippen molar-refractivity contribution < 1.29 is 14.3 Å². The molecule has 0 aliphatic rings. The lowest BCUT2D eigenvalue weighted by Gasteiger charge is -2.15. The molecule has 1 atom stereocenters. The first-order valence-corrected chi connectivity index (χ1v) is 10.2. The number of nitrogens with one attached hydrogen (secondary N) is 1. The molecule has 0 aliphatic carbocycles. The van der Waals surface area contributed by atoms with Gasteiger partial charge in [-0.15, -0.1) is 0 Å². The van der Waals surface area contributed by atoms with Crippen LogP contribution in [0.1, 0.15) is 18.2 Å². The van der Waals surface area contributed by atoms with E-state index in [0.717, 1.165) is 5.56 Å². The van der Waals surface area contributed by atoms with Crippen LogP contribution in [0.5, 0.6) is 11.5 Å². The molecule has 7 nitrogen and oxygen atoms in total. The van der Waals surface area contributed by atoms with E-state index >= 15 is 0 Å². The highest BCUT2D eigenvalue weighted by molar-refractivity contribution is 5.94. The van der Waals surface area contributed by atoms with Gasteiger partial charge in [-0.3, -0.25) is 14.0 Å². The predicted molar refractivity (Wildman–Crippen MR) is 122 cm³/mol. The summed E-state index contributed by atoms with van der Waals surface area (Å²) in [6.45, 7) is 3.78. The smallest absolute Gasteiger partial charge is 0.265 e. The van der Waals surface area contributed by atoms with Crippen LogP contribution in [-0.4, -0.2) is 21.4 Å². The molecule has 0 aliphatic heterocycles. The Morgan fingerprint density at radius 3 is 2.53 bits per heavy atom. The van der Waals surface area contributed by atoms with E-state index in [2.05, 4.69) is 10.3 Å². The first kappa shape index (κ1) is 21.1. The summed E-state index contributed by atoms with van der Waals surface area (Å²) < 4.78 is 12.9. The molecule has 4 rings (SSSR count). The van der Waals surface area contributed by atoms with Gasteiger partial charge in [0, 0.05) is 18.0 Å². The fourth-order valence-corrected chi connectivity index (χ4v) is 3.12. The maximum absolute atomic E-state index is 12.4. The second-order valence-corrected chi connectivity index (χ2v) is 7.40. The van der Waals surface area contributed by atoms with Crippen LogP contribution in [0.2, 0.25) is 0 Å². The van der Waals surface area contributed by atoms with E-state index in [1.54, 1.807) is 55.6 Å². The Morgan fingerprint density at radius 2 is 1.78 bits per heavy atom. The molecular weight excluding hydrogens is 406 g/mol. The fraction of sp³-hybridized carbons (Fsp3) is 0.160. The number of rotatable bonds is 7. The van der Waals surface area contributed by atoms with Crippen LogP contribution in [0.25, 0.3) is 5.65 Å². The largest absolute Gasteiger partial charge is 0.487 e. The van der Waals surface area contributed by atoms with Crippen molar-refractivity contribution in [1.82, 2.24) is 9.38 Å². The molecule has 0 unspecified atom stereocenters. The number of fused-ring (bicyclic) bond motifs is 1. The van der Waals surface area contributed by atoms with Gasteiger partial charge in [0.2, 0.25) is 0 Å². The summed E-state index contributed by atoms with van der Waals surface area (Å²) >= 11 is 0. The van der Waals surface area contributed by atoms with Gasteiger partial charge < -0.3 is 14.8 Å². The van der Waals surface area contributed by atoms with E-state index in [0.29, 0.717) is 28.5 Å². The average Bonchev–Trinajstić information content (AvgIpc) is 2.80. The Morgan fingerprint density at radius 1 is 1.03 bits per heavy atom. The van der Waals surface area contributed by atoms with Crippen molar-refractivity contribution in [3.8, 4) is 11.5 Å². The lowest BCUT2D eigenvalue weighted by molar-refractivity contribution is -0.122. The zero-order valence-corrected chi connectivity index (χ0v) is 17.8. The number of benzene rings is 2. The monoisotopic (exact) mass is 429 g/mol. The van der Waals surface area contributed by atoms with Gasteiger partial charge in [-0.05, 0) is 61.9 Å². The number of aryl methyl sites for hydroxylation is 1. The number of hydrogen-bond donors (Lipinski definition) is 1. The zero-order valence-electron chi connectivity index (χ0n) is 17.8. The third-order valence-corrected chi connectivity index (χ3v) is 4.79. The molecule has 0 spiro atoms. The normalized spacial score (nSPS) is 11.7. The Balaban J connectivity index is 1.35. The second kappa shape index (κ2) is 9.34. The van der Waals surface area contributed by atoms with Gasteiger partial charge in [0.1, 0.15) is 23.8 Å². The van der Waals surface area contributed by atoms with Gasteiger partial charge in [0.05, 0.1) is 5.69 Å². The van der Waals surface area contributed by atoms with E-state index in [1.165, 1.54) is 10.5 Å². The number of anilines is 1. The summed E-state index contributed by atoms with van der Waals surface area (Å²) in [5.74, 6) is 0.983. The fourth-order valence-electron chi connectivity index (χ4n) is 3.12. The first-order chi connectivity index (χ1) is 15.5. The van der Waals surface area contributed by atoms with E-state index in [1.807, 2.05) is 31.2 Å². The van der Waals surface area contributed by atoms with Crippen LogP contribution < -0.4 is 20.3 Å². The number of carbonyl (C=O) groups excluding carboxylic acids is 1. The summed E-state index contributed by atoms with van der Waals surface area (Å²) in [6, 6.07) is 21.4. The van der Waals surface area contributed by atoms with Crippen molar-refractivity contribution in [1.29, 1.82) is 0 Å². The Bertz CT molecular complexity index is 1280. The number of pyridine rings is 1. The molecule has 0 fully saturated rings. The third kappa shape index (κ3) is 5.13. The predicted octanol–water partition coefficient (Wildman–Crippen LogP) is 3.99. The Labute approximate surface area is 185 Å². The minimum atomic E-state index is -0.643. The molecule has 7 heteroatoms.